The van der Waals surface area contributed by atoms with Crippen molar-refractivity contribution in [2.45, 2.75) is 0 Å². The minimum absolute atomic E-state index is 0.226. The third kappa shape index (κ3) is 2.53. The van der Waals surface area contributed by atoms with Gasteiger partial charge in [-0.2, -0.15) is 5.26 Å². The van der Waals surface area contributed by atoms with Gasteiger partial charge in [0, 0.05) is 18.9 Å². The molecular weight excluding hydrogens is 242 g/mol. The first-order chi connectivity index (χ1) is 9.13. The summed E-state index contributed by atoms with van der Waals surface area (Å²) in [4.78, 5) is 16.6. The van der Waals surface area contributed by atoms with Gasteiger partial charge in [-0.05, 0) is 36.4 Å². The highest BCUT2D eigenvalue weighted by atomic mass is 16.4. The van der Waals surface area contributed by atoms with E-state index >= 15 is 0 Å². The zero-order valence-corrected chi connectivity index (χ0v) is 10.2. The molecule has 2 rings (SSSR count). The molecule has 0 aliphatic rings. The first-order valence-electron chi connectivity index (χ1n) is 5.55. The highest BCUT2D eigenvalue weighted by Crippen LogP contribution is 2.25. The number of benzene rings is 1. The maximum atomic E-state index is 10.8. The van der Waals surface area contributed by atoms with Crippen molar-refractivity contribution in [2.24, 2.45) is 0 Å². The Kier molecular flexibility index (Phi) is 3.44. The molecule has 0 spiro atoms. The molecule has 0 saturated carbocycles. The standard InChI is InChI=1S/C14H11N3O2/c1-17(13-3-2-8-16-12(13)9-15)11-6-4-10(5-7-11)14(18)19/h2-8H,1H3,(H,18,19). The zero-order valence-electron chi connectivity index (χ0n) is 10.2. The number of hydrogen-bond donors (Lipinski definition) is 1. The van der Waals surface area contributed by atoms with E-state index in [1.807, 2.05) is 6.07 Å². The summed E-state index contributed by atoms with van der Waals surface area (Å²) in [6, 6.07) is 12.0. The molecule has 0 radical (unpaired) electrons. The number of hydrogen-bond acceptors (Lipinski definition) is 4. The average Bonchev–Trinajstić information content (AvgIpc) is 2.46. The van der Waals surface area contributed by atoms with Gasteiger partial charge in [-0.25, -0.2) is 9.78 Å². The number of pyridine rings is 1. The van der Waals surface area contributed by atoms with Gasteiger partial charge in [0.05, 0.1) is 11.3 Å². The summed E-state index contributed by atoms with van der Waals surface area (Å²) in [5, 5.41) is 17.9. The minimum Gasteiger partial charge on any atom is -0.478 e. The summed E-state index contributed by atoms with van der Waals surface area (Å²) in [6.07, 6.45) is 1.56. The Bertz CT molecular complexity index is 644. The molecule has 19 heavy (non-hydrogen) atoms. The van der Waals surface area contributed by atoms with E-state index in [4.69, 9.17) is 10.4 Å². The van der Waals surface area contributed by atoms with E-state index in [2.05, 4.69) is 4.98 Å². The highest BCUT2D eigenvalue weighted by molar-refractivity contribution is 5.88. The van der Waals surface area contributed by atoms with Gasteiger partial charge >= 0.3 is 5.97 Å². The van der Waals surface area contributed by atoms with Gasteiger partial charge in [0.2, 0.25) is 0 Å². The quantitative estimate of drug-likeness (QED) is 0.908. The second kappa shape index (κ2) is 5.19. The lowest BCUT2D eigenvalue weighted by atomic mass is 10.2. The molecule has 0 saturated heterocycles. The molecule has 0 fully saturated rings. The van der Waals surface area contributed by atoms with Crippen molar-refractivity contribution in [1.82, 2.24) is 4.98 Å². The number of carboxylic acids is 1. The molecular formula is C14H11N3O2. The molecule has 5 heteroatoms. The van der Waals surface area contributed by atoms with Crippen molar-refractivity contribution in [3.63, 3.8) is 0 Å². The van der Waals surface area contributed by atoms with Gasteiger partial charge in [0.1, 0.15) is 6.07 Å². The predicted molar refractivity (Wildman–Crippen MR) is 70.4 cm³/mol. The summed E-state index contributed by atoms with van der Waals surface area (Å²) in [5.74, 6) is -0.965. The largest absolute Gasteiger partial charge is 0.478 e. The van der Waals surface area contributed by atoms with E-state index in [0.29, 0.717) is 11.4 Å². The van der Waals surface area contributed by atoms with Gasteiger partial charge in [0.15, 0.2) is 5.69 Å². The average molecular weight is 253 g/mol. The molecule has 5 nitrogen and oxygen atoms in total. The molecule has 94 valence electrons. The van der Waals surface area contributed by atoms with Gasteiger partial charge in [0.25, 0.3) is 0 Å². The van der Waals surface area contributed by atoms with Crippen molar-refractivity contribution in [1.29, 1.82) is 5.26 Å². The first-order valence-corrected chi connectivity index (χ1v) is 5.55. The van der Waals surface area contributed by atoms with Crippen LogP contribution in [-0.4, -0.2) is 23.1 Å². The molecule has 1 aromatic heterocycles. The number of carbonyl (C=O) groups is 1. The third-order valence-corrected chi connectivity index (χ3v) is 2.76. The van der Waals surface area contributed by atoms with Crippen molar-refractivity contribution in [3.05, 3.63) is 53.9 Å². The summed E-state index contributed by atoms with van der Waals surface area (Å²) < 4.78 is 0. The fraction of sp³-hybridized carbons (Fsp3) is 0.0714. The number of aromatic carboxylic acids is 1. The number of rotatable bonds is 3. The van der Waals surface area contributed by atoms with Crippen LogP contribution in [-0.2, 0) is 0 Å². The van der Waals surface area contributed by atoms with Crippen LogP contribution < -0.4 is 4.90 Å². The van der Waals surface area contributed by atoms with Crippen molar-refractivity contribution < 1.29 is 9.90 Å². The molecule has 0 amide bonds. The Labute approximate surface area is 110 Å². The van der Waals surface area contributed by atoms with Crippen LogP contribution in [0.2, 0.25) is 0 Å². The van der Waals surface area contributed by atoms with Gasteiger partial charge in [-0.15, -0.1) is 0 Å². The molecule has 0 unspecified atom stereocenters. The number of carboxylic acid groups (broad SMARTS) is 1. The molecule has 2 aromatic rings. The molecule has 0 aliphatic carbocycles. The minimum atomic E-state index is -0.965. The summed E-state index contributed by atoms with van der Waals surface area (Å²) in [7, 11) is 1.80. The number of nitrogens with zero attached hydrogens (tertiary/aromatic N) is 3. The Morgan fingerprint density at radius 3 is 2.58 bits per heavy atom. The molecule has 1 N–H and O–H groups in total. The fourth-order valence-electron chi connectivity index (χ4n) is 1.72. The van der Waals surface area contributed by atoms with Crippen molar-refractivity contribution in [3.8, 4) is 6.07 Å². The van der Waals surface area contributed by atoms with E-state index in [0.717, 1.165) is 5.69 Å². The number of anilines is 2. The van der Waals surface area contributed by atoms with Crippen LogP contribution in [0.4, 0.5) is 11.4 Å². The Hall–Kier alpha value is -2.87. The van der Waals surface area contributed by atoms with Crippen LogP contribution in [0.15, 0.2) is 42.6 Å². The maximum absolute atomic E-state index is 10.8. The van der Waals surface area contributed by atoms with Gasteiger partial charge < -0.3 is 10.0 Å². The van der Waals surface area contributed by atoms with E-state index in [9.17, 15) is 4.79 Å². The van der Waals surface area contributed by atoms with Crippen LogP contribution in [0, 0.1) is 11.3 Å². The summed E-state index contributed by atoms with van der Waals surface area (Å²) >= 11 is 0. The van der Waals surface area contributed by atoms with Crippen LogP contribution in [0.1, 0.15) is 16.1 Å². The lowest BCUT2D eigenvalue weighted by molar-refractivity contribution is 0.0697. The smallest absolute Gasteiger partial charge is 0.335 e. The van der Waals surface area contributed by atoms with Crippen LogP contribution >= 0.6 is 0 Å². The van der Waals surface area contributed by atoms with Crippen molar-refractivity contribution >= 4 is 17.3 Å². The molecule has 1 aromatic carbocycles. The monoisotopic (exact) mass is 253 g/mol. The lowest BCUT2D eigenvalue weighted by Crippen LogP contribution is -2.12. The van der Waals surface area contributed by atoms with Crippen molar-refractivity contribution in [2.75, 3.05) is 11.9 Å². The highest BCUT2D eigenvalue weighted by Gasteiger charge is 2.10. The number of nitriles is 1. The molecule has 0 aliphatic heterocycles. The lowest BCUT2D eigenvalue weighted by Gasteiger charge is -2.20. The summed E-state index contributed by atoms with van der Waals surface area (Å²) in [5.41, 5.74) is 2.01. The van der Waals surface area contributed by atoms with E-state index in [1.165, 1.54) is 12.1 Å². The molecule has 1 heterocycles. The Morgan fingerprint density at radius 2 is 2.00 bits per heavy atom. The zero-order chi connectivity index (χ0) is 13.8. The molecule has 0 atom stereocenters. The second-order valence-electron chi connectivity index (χ2n) is 3.89. The second-order valence-corrected chi connectivity index (χ2v) is 3.89. The Morgan fingerprint density at radius 1 is 1.32 bits per heavy atom. The first kappa shape index (κ1) is 12.6. The molecule has 0 bridgehead atoms. The normalized spacial score (nSPS) is 9.68. The summed E-state index contributed by atoms with van der Waals surface area (Å²) in [6.45, 7) is 0. The predicted octanol–water partition coefficient (Wildman–Crippen LogP) is 2.42. The van der Waals surface area contributed by atoms with Crippen LogP contribution in [0.5, 0.6) is 0 Å². The van der Waals surface area contributed by atoms with E-state index < -0.39 is 5.97 Å². The number of aromatic nitrogens is 1. The van der Waals surface area contributed by atoms with Crippen LogP contribution in [0.25, 0.3) is 0 Å². The Balaban J connectivity index is 2.36. The van der Waals surface area contributed by atoms with Gasteiger partial charge in [-0.1, -0.05) is 0 Å². The fourth-order valence-corrected chi connectivity index (χ4v) is 1.72. The SMILES string of the molecule is CN(c1ccc(C(=O)O)cc1)c1cccnc1C#N. The van der Waals surface area contributed by atoms with E-state index in [-0.39, 0.29) is 5.56 Å². The van der Waals surface area contributed by atoms with E-state index in [1.54, 1.807) is 42.4 Å². The topological polar surface area (TPSA) is 77.2 Å². The van der Waals surface area contributed by atoms with Crippen LogP contribution in [0.3, 0.4) is 0 Å². The third-order valence-electron chi connectivity index (χ3n) is 2.76. The maximum Gasteiger partial charge on any atom is 0.335 e. The van der Waals surface area contributed by atoms with Gasteiger partial charge in [-0.3, -0.25) is 0 Å².